The summed E-state index contributed by atoms with van der Waals surface area (Å²) in [6.45, 7) is 17.1. The third-order valence-corrected chi connectivity index (χ3v) is 10.9. The van der Waals surface area contributed by atoms with Gasteiger partial charge in [-0.15, -0.1) is 0 Å². The molecule has 6 heteroatoms. The monoisotopic (exact) mass is 622 g/mol. The zero-order valence-corrected chi connectivity index (χ0v) is 29.8. The van der Waals surface area contributed by atoms with Gasteiger partial charge in [-0.3, -0.25) is 0 Å². The fourth-order valence-corrected chi connectivity index (χ4v) is 6.47. The lowest BCUT2D eigenvalue weighted by molar-refractivity contribution is 0.00578. The SMILES string of the molecule is CC1(C)OB(c2cc(CCCCCc3ccccc3)c(B3OC(C)(C)C(C)(C)O3)cc2CCCCCc2ccccc2)OC1(C)C. The highest BCUT2D eigenvalue weighted by molar-refractivity contribution is 6.65. The van der Waals surface area contributed by atoms with E-state index in [4.69, 9.17) is 18.6 Å². The highest BCUT2D eigenvalue weighted by Crippen LogP contribution is 2.38. The highest BCUT2D eigenvalue weighted by atomic mass is 16.7. The predicted molar refractivity (Wildman–Crippen MR) is 193 cm³/mol. The minimum atomic E-state index is -0.396. The Morgan fingerprint density at radius 1 is 0.413 bits per heavy atom. The Balaban J connectivity index is 1.39. The molecular weight excluding hydrogens is 566 g/mol. The maximum absolute atomic E-state index is 6.67. The zero-order valence-electron chi connectivity index (χ0n) is 29.8. The Morgan fingerprint density at radius 2 is 0.717 bits per heavy atom. The second-order valence-corrected chi connectivity index (χ2v) is 15.5. The van der Waals surface area contributed by atoms with E-state index in [9.17, 15) is 0 Å². The molecule has 2 saturated heterocycles. The van der Waals surface area contributed by atoms with Crippen molar-refractivity contribution in [3.05, 3.63) is 95.1 Å². The fraction of sp³-hybridized carbons (Fsp3) is 0.550. The van der Waals surface area contributed by atoms with E-state index < -0.39 is 36.6 Å². The van der Waals surface area contributed by atoms with Gasteiger partial charge < -0.3 is 18.6 Å². The van der Waals surface area contributed by atoms with Crippen LogP contribution in [0.1, 0.15) is 116 Å². The number of benzene rings is 3. The Kier molecular flexibility index (Phi) is 10.9. The lowest BCUT2D eigenvalue weighted by atomic mass is 9.67. The standard InChI is InChI=1S/C40H56B2O4/c1-37(2)38(3,4)44-41(43-37)35-29-34(28-20-12-18-26-32-23-15-10-16-24-32)36(42-45-39(5,6)40(7,8)46-42)30-33(35)27-19-11-17-25-31-21-13-9-14-22-31/h9-10,13-16,21-24,29-30H,11-12,17-20,25-28H2,1-8H3. The molecule has 0 saturated carbocycles. The van der Waals surface area contributed by atoms with Crippen LogP contribution in [0.5, 0.6) is 0 Å². The summed E-state index contributed by atoms with van der Waals surface area (Å²) in [5, 5.41) is 0. The van der Waals surface area contributed by atoms with Gasteiger partial charge in [-0.05, 0) is 140 Å². The van der Waals surface area contributed by atoms with Crippen LogP contribution < -0.4 is 10.9 Å². The Bertz CT molecular complexity index is 1280. The van der Waals surface area contributed by atoms with E-state index in [1.54, 1.807) is 0 Å². The lowest BCUT2D eigenvalue weighted by Crippen LogP contribution is -2.43. The number of rotatable bonds is 14. The van der Waals surface area contributed by atoms with Gasteiger partial charge in [0.25, 0.3) is 0 Å². The molecule has 2 aliphatic heterocycles. The maximum atomic E-state index is 6.67. The second kappa shape index (κ2) is 14.4. The van der Waals surface area contributed by atoms with Gasteiger partial charge in [0.15, 0.2) is 0 Å². The first kappa shape index (κ1) is 35.0. The predicted octanol–water partition coefficient (Wildman–Crippen LogP) is 8.20. The van der Waals surface area contributed by atoms with Gasteiger partial charge in [-0.1, -0.05) is 85.6 Å². The van der Waals surface area contributed by atoms with Crippen molar-refractivity contribution in [2.45, 2.75) is 142 Å². The average Bonchev–Trinajstić information content (AvgIpc) is 3.37. The van der Waals surface area contributed by atoms with Crippen LogP contribution in [0.15, 0.2) is 72.8 Å². The van der Waals surface area contributed by atoms with Crippen LogP contribution >= 0.6 is 0 Å². The van der Waals surface area contributed by atoms with Gasteiger partial charge in [0, 0.05) is 0 Å². The molecule has 0 aliphatic carbocycles. The molecule has 246 valence electrons. The van der Waals surface area contributed by atoms with E-state index in [0.29, 0.717) is 0 Å². The molecular formula is C40H56B2O4. The van der Waals surface area contributed by atoms with Gasteiger partial charge in [0.05, 0.1) is 22.4 Å². The molecule has 3 aromatic carbocycles. The van der Waals surface area contributed by atoms with Gasteiger partial charge in [-0.25, -0.2) is 0 Å². The maximum Gasteiger partial charge on any atom is 0.495 e. The molecule has 0 N–H and O–H groups in total. The van der Waals surface area contributed by atoms with E-state index in [1.807, 2.05) is 0 Å². The minimum absolute atomic E-state index is 0.395. The number of hydrogen-bond donors (Lipinski definition) is 0. The van der Waals surface area contributed by atoms with Crippen LogP contribution in [0.4, 0.5) is 0 Å². The summed E-state index contributed by atoms with van der Waals surface area (Å²) in [7, 11) is -0.790. The molecule has 0 bridgehead atoms. The van der Waals surface area contributed by atoms with E-state index in [-0.39, 0.29) is 0 Å². The van der Waals surface area contributed by atoms with Crippen LogP contribution in [0.3, 0.4) is 0 Å². The normalized spacial score (nSPS) is 19.6. The molecule has 46 heavy (non-hydrogen) atoms. The van der Waals surface area contributed by atoms with Crippen molar-refractivity contribution in [1.82, 2.24) is 0 Å². The van der Waals surface area contributed by atoms with Gasteiger partial charge in [0.2, 0.25) is 0 Å². The molecule has 4 nitrogen and oxygen atoms in total. The van der Waals surface area contributed by atoms with Crippen molar-refractivity contribution in [2.24, 2.45) is 0 Å². The van der Waals surface area contributed by atoms with E-state index in [0.717, 1.165) is 38.5 Å². The number of aryl methyl sites for hydroxylation is 4. The van der Waals surface area contributed by atoms with Gasteiger partial charge in [-0.2, -0.15) is 0 Å². The van der Waals surface area contributed by atoms with Crippen LogP contribution in [-0.2, 0) is 44.3 Å². The summed E-state index contributed by atoms with van der Waals surface area (Å²) in [6, 6.07) is 26.4. The van der Waals surface area contributed by atoms with Crippen molar-refractivity contribution in [1.29, 1.82) is 0 Å². The number of unbranched alkanes of at least 4 members (excludes halogenated alkanes) is 4. The molecule has 3 aromatic rings. The van der Waals surface area contributed by atoms with Crippen molar-refractivity contribution in [2.75, 3.05) is 0 Å². The highest BCUT2D eigenvalue weighted by Gasteiger charge is 2.54. The smallest absolute Gasteiger partial charge is 0.399 e. The van der Waals surface area contributed by atoms with Crippen LogP contribution in [0.25, 0.3) is 0 Å². The Labute approximate surface area is 280 Å². The third kappa shape index (κ3) is 8.19. The quantitative estimate of drug-likeness (QED) is 0.134. The van der Waals surface area contributed by atoms with Crippen molar-refractivity contribution >= 4 is 25.2 Å². The molecule has 2 heterocycles. The van der Waals surface area contributed by atoms with Crippen LogP contribution in [0, 0.1) is 0 Å². The second-order valence-electron chi connectivity index (χ2n) is 15.5. The zero-order chi connectivity index (χ0) is 33.0. The first-order valence-electron chi connectivity index (χ1n) is 17.7. The first-order chi connectivity index (χ1) is 21.8. The first-order valence-corrected chi connectivity index (χ1v) is 17.7. The molecule has 0 spiro atoms. The van der Waals surface area contributed by atoms with E-state index in [1.165, 1.54) is 58.9 Å². The van der Waals surface area contributed by atoms with Crippen molar-refractivity contribution < 1.29 is 18.6 Å². The molecule has 2 aliphatic rings. The lowest BCUT2D eigenvalue weighted by Gasteiger charge is -2.32. The fourth-order valence-electron chi connectivity index (χ4n) is 6.47. The van der Waals surface area contributed by atoms with E-state index >= 15 is 0 Å². The molecule has 0 atom stereocenters. The summed E-state index contributed by atoms with van der Waals surface area (Å²) >= 11 is 0. The van der Waals surface area contributed by atoms with Crippen LogP contribution in [0.2, 0.25) is 0 Å². The topological polar surface area (TPSA) is 36.9 Å². The summed E-state index contributed by atoms with van der Waals surface area (Å²) in [4.78, 5) is 0. The average molecular weight is 623 g/mol. The van der Waals surface area contributed by atoms with Crippen molar-refractivity contribution in [3.8, 4) is 0 Å². The van der Waals surface area contributed by atoms with Gasteiger partial charge in [0.1, 0.15) is 0 Å². The summed E-state index contributed by atoms with van der Waals surface area (Å²) in [5.41, 5.74) is 6.15. The Hall–Kier alpha value is -2.37. The van der Waals surface area contributed by atoms with E-state index in [2.05, 4.69) is 128 Å². The molecule has 0 amide bonds. The van der Waals surface area contributed by atoms with Gasteiger partial charge >= 0.3 is 14.2 Å². The molecule has 5 rings (SSSR count). The van der Waals surface area contributed by atoms with Crippen LogP contribution in [-0.4, -0.2) is 36.6 Å². The third-order valence-electron chi connectivity index (χ3n) is 10.9. The summed E-state index contributed by atoms with van der Waals surface area (Å²) in [5.74, 6) is 0. The molecule has 2 fully saturated rings. The Morgan fingerprint density at radius 3 is 1.04 bits per heavy atom. The molecule has 0 aromatic heterocycles. The summed E-state index contributed by atoms with van der Waals surface area (Å²) < 4.78 is 26.7. The summed E-state index contributed by atoms with van der Waals surface area (Å²) in [6.07, 6.45) is 11.1. The molecule has 0 unspecified atom stereocenters. The largest absolute Gasteiger partial charge is 0.495 e. The number of hydrogen-bond acceptors (Lipinski definition) is 4. The minimum Gasteiger partial charge on any atom is -0.399 e. The molecule has 0 radical (unpaired) electrons. The van der Waals surface area contributed by atoms with Crippen molar-refractivity contribution in [3.63, 3.8) is 0 Å².